The number of carboxylic acids is 1. The van der Waals surface area contributed by atoms with Crippen molar-refractivity contribution in [3.63, 3.8) is 0 Å². The molecule has 2 aromatic carbocycles. The molecule has 1 saturated carbocycles. The Kier molecular flexibility index (Phi) is 8.74. The van der Waals surface area contributed by atoms with Gasteiger partial charge in [0.15, 0.2) is 0 Å². The largest absolute Gasteiger partial charge is 0.478 e. The number of nitrogens with zero attached hydrogens (tertiary/aromatic N) is 2. The number of carbonyl (C=O) groups is 2. The standard InChI is InChI=1S/C30H35FN2O4/c1-2-3-13-26-27(19-31)33(28(34)18-21-9-5-4-6-10-21)30(37)32(26)20-22-14-16-23(17-15-22)24-11-7-8-12-25(24)29(35)36/h7-8,11-12,14-17,21H,2-6,9-10,13,18-20H2,1H3,(H,35,36). The molecule has 1 aliphatic carbocycles. The number of hydrogen-bond donors (Lipinski definition) is 1. The first-order chi connectivity index (χ1) is 17.9. The van der Waals surface area contributed by atoms with E-state index in [0.29, 0.717) is 17.7 Å². The van der Waals surface area contributed by atoms with Crippen LogP contribution in [-0.4, -0.2) is 26.1 Å². The number of carboxylic acid groups (broad SMARTS) is 1. The fourth-order valence-corrected chi connectivity index (χ4v) is 5.44. The summed E-state index contributed by atoms with van der Waals surface area (Å²) < 4.78 is 17.0. The average Bonchev–Trinajstić information content (AvgIpc) is 3.18. The van der Waals surface area contributed by atoms with Gasteiger partial charge in [-0.2, -0.15) is 0 Å². The topological polar surface area (TPSA) is 81.3 Å². The molecule has 196 valence electrons. The lowest BCUT2D eigenvalue weighted by atomic mass is 9.87. The molecule has 0 spiro atoms. The maximum absolute atomic E-state index is 14.3. The number of alkyl halides is 1. The van der Waals surface area contributed by atoms with E-state index in [2.05, 4.69) is 0 Å². The van der Waals surface area contributed by atoms with Gasteiger partial charge in [-0.3, -0.25) is 9.36 Å². The molecule has 0 aliphatic heterocycles. The highest BCUT2D eigenvalue weighted by Gasteiger charge is 2.26. The summed E-state index contributed by atoms with van der Waals surface area (Å²) in [6.45, 7) is 1.40. The third-order valence-corrected chi connectivity index (χ3v) is 7.45. The van der Waals surface area contributed by atoms with Gasteiger partial charge in [0, 0.05) is 12.1 Å². The summed E-state index contributed by atoms with van der Waals surface area (Å²) in [5.41, 5.74) is 2.71. The third kappa shape index (κ3) is 5.92. The minimum absolute atomic E-state index is 0.186. The van der Waals surface area contributed by atoms with Crippen molar-refractivity contribution >= 4 is 11.9 Å². The number of hydrogen-bond acceptors (Lipinski definition) is 3. The molecule has 6 nitrogen and oxygen atoms in total. The minimum atomic E-state index is -0.996. The fraction of sp³-hybridized carbons (Fsp3) is 0.433. The van der Waals surface area contributed by atoms with E-state index in [1.807, 2.05) is 31.2 Å². The van der Waals surface area contributed by atoms with Gasteiger partial charge in [0.2, 0.25) is 5.91 Å². The lowest BCUT2D eigenvalue weighted by Gasteiger charge is -2.20. The minimum Gasteiger partial charge on any atom is -0.478 e. The molecule has 1 fully saturated rings. The van der Waals surface area contributed by atoms with Gasteiger partial charge in [0.25, 0.3) is 0 Å². The highest BCUT2D eigenvalue weighted by Crippen LogP contribution is 2.28. The third-order valence-electron chi connectivity index (χ3n) is 7.45. The van der Waals surface area contributed by atoms with Gasteiger partial charge in [-0.05, 0) is 54.4 Å². The van der Waals surface area contributed by atoms with Gasteiger partial charge in [0.1, 0.15) is 6.67 Å². The van der Waals surface area contributed by atoms with E-state index in [1.54, 1.807) is 28.8 Å². The molecule has 37 heavy (non-hydrogen) atoms. The highest BCUT2D eigenvalue weighted by atomic mass is 19.1. The number of aromatic nitrogens is 2. The van der Waals surface area contributed by atoms with Gasteiger partial charge in [-0.25, -0.2) is 18.5 Å². The number of halogens is 1. The van der Waals surface area contributed by atoms with E-state index in [1.165, 1.54) is 6.42 Å². The van der Waals surface area contributed by atoms with Crippen molar-refractivity contribution in [3.8, 4) is 11.1 Å². The van der Waals surface area contributed by atoms with Crippen LogP contribution in [0.2, 0.25) is 0 Å². The molecule has 1 N–H and O–H groups in total. The molecule has 0 atom stereocenters. The highest BCUT2D eigenvalue weighted by molar-refractivity contribution is 5.96. The van der Waals surface area contributed by atoms with Crippen LogP contribution in [0.4, 0.5) is 4.39 Å². The van der Waals surface area contributed by atoms with Crippen LogP contribution in [0.25, 0.3) is 11.1 Å². The molecule has 0 radical (unpaired) electrons. The molecule has 1 heterocycles. The number of benzene rings is 2. The Balaban J connectivity index is 1.65. The van der Waals surface area contributed by atoms with Crippen LogP contribution in [0.3, 0.4) is 0 Å². The van der Waals surface area contributed by atoms with Crippen molar-refractivity contribution in [1.82, 2.24) is 9.13 Å². The van der Waals surface area contributed by atoms with Crippen molar-refractivity contribution in [2.45, 2.75) is 77.9 Å². The number of carbonyl (C=O) groups excluding carboxylic acids is 1. The van der Waals surface area contributed by atoms with Crippen LogP contribution in [0.15, 0.2) is 53.3 Å². The summed E-state index contributed by atoms with van der Waals surface area (Å²) >= 11 is 0. The van der Waals surface area contributed by atoms with Gasteiger partial charge < -0.3 is 5.11 Å². The maximum atomic E-state index is 14.3. The van der Waals surface area contributed by atoms with E-state index in [9.17, 15) is 23.9 Å². The quantitative estimate of drug-likeness (QED) is 0.341. The molecular weight excluding hydrogens is 471 g/mol. The smallest absolute Gasteiger partial charge is 0.336 e. The average molecular weight is 507 g/mol. The zero-order valence-corrected chi connectivity index (χ0v) is 21.4. The van der Waals surface area contributed by atoms with Crippen molar-refractivity contribution in [1.29, 1.82) is 0 Å². The van der Waals surface area contributed by atoms with Crippen molar-refractivity contribution in [3.05, 3.63) is 81.5 Å². The first kappa shape index (κ1) is 26.6. The fourth-order valence-electron chi connectivity index (χ4n) is 5.44. The summed E-state index contributed by atoms with van der Waals surface area (Å²) in [7, 11) is 0. The van der Waals surface area contributed by atoms with Crippen LogP contribution in [-0.2, 0) is 19.6 Å². The molecule has 0 amide bonds. The zero-order valence-electron chi connectivity index (χ0n) is 21.4. The molecule has 4 rings (SSSR count). The number of imidazole rings is 1. The predicted octanol–water partition coefficient (Wildman–Crippen LogP) is 6.49. The first-order valence-electron chi connectivity index (χ1n) is 13.3. The van der Waals surface area contributed by atoms with E-state index in [-0.39, 0.29) is 36.0 Å². The van der Waals surface area contributed by atoms with Crippen molar-refractivity contribution in [2.24, 2.45) is 5.92 Å². The predicted molar refractivity (Wildman–Crippen MR) is 142 cm³/mol. The summed E-state index contributed by atoms with van der Waals surface area (Å²) in [5, 5.41) is 9.51. The van der Waals surface area contributed by atoms with Crippen LogP contribution >= 0.6 is 0 Å². The molecule has 1 aromatic heterocycles. The lowest BCUT2D eigenvalue weighted by molar-refractivity contribution is 0.0697. The van der Waals surface area contributed by atoms with Crippen molar-refractivity contribution < 1.29 is 19.1 Å². The summed E-state index contributed by atoms with van der Waals surface area (Å²) in [6.07, 6.45) is 7.81. The van der Waals surface area contributed by atoms with Gasteiger partial charge in [-0.1, -0.05) is 75.1 Å². The summed E-state index contributed by atoms with van der Waals surface area (Å²) in [4.78, 5) is 38.3. The van der Waals surface area contributed by atoms with Crippen LogP contribution in [0, 0.1) is 5.92 Å². The van der Waals surface area contributed by atoms with E-state index < -0.39 is 18.3 Å². The SMILES string of the molecule is CCCCc1c(CF)n(C(=O)CC2CCCCC2)c(=O)n1Cc1ccc(-c2ccccc2C(=O)O)cc1. The Labute approximate surface area is 216 Å². The van der Waals surface area contributed by atoms with Crippen LogP contribution in [0.1, 0.15) is 90.4 Å². The van der Waals surface area contributed by atoms with Crippen LogP contribution in [0.5, 0.6) is 0 Å². The monoisotopic (exact) mass is 506 g/mol. The second-order valence-electron chi connectivity index (χ2n) is 9.98. The maximum Gasteiger partial charge on any atom is 0.336 e. The second kappa shape index (κ2) is 12.2. The van der Waals surface area contributed by atoms with E-state index >= 15 is 0 Å². The number of unbranched alkanes of at least 4 members (excludes halogenated alkanes) is 1. The Morgan fingerprint density at radius 1 is 1.00 bits per heavy atom. The summed E-state index contributed by atoms with van der Waals surface area (Å²) in [6, 6.07) is 14.2. The van der Waals surface area contributed by atoms with Crippen molar-refractivity contribution in [2.75, 3.05) is 0 Å². The summed E-state index contributed by atoms with van der Waals surface area (Å²) in [5.74, 6) is -1.05. The molecule has 3 aromatic rings. The molecule has 0 bridgehead atoms. The Bertz CT molecular complexity index is 1300. The lowest BCUT2D eigenvalue weighted by Crippen LogP contribution is -2.31. The number of rotatable bonds is 10. The Morgan fingerprint density at radius 3 is 2.35 bits per heavy atom. The van der Waals surface area contributed by atoms with Gasteiger partial charge in [-0.15, -0.1) is 0 Å². The zero-order chi connectivity index (χ0) is 26.4. The molecule has 0 unspecified atom stereocenters. The van der Waals surface area contributed by atoms with E-state index in [0.717, 1.165) is 54.2 Å². The van der Waals surface area contributed by atoms with Gasteiger partial charge in [0.05, 0.1) is 17.8 Å². The molecule has 1 aliphatic rings. The first-order valence-corrected chi connectivity index (χ1v) is 13.3. The molecule has 7 heteroatoms. The van der Waals surface area contributed by atoms with E-state index in [4.69, 9.17) is 0 Å². The number of aromatic carboxylic acids is 1. The molecule has 0 saturated heterocycles. The van der Waals surface area contributed by atoms with Crippen LogP contribution < -0.4 is 5.69 Å². The normalized spacial score (nSPS) is 14.1. The molecular formula is C30H35FN2O4. The Hall–Kier alpha value is -3.48. The van der Waals surface area contributed by atoms with Gasteiger partial charge >= 0.3 is 11.7 Å². The second-order valence-corrected chi connectivity index (χ2v) is 9.98. The Morgan fingerprint density at radius 2 is 1.70 bits per heavy atom.